The Morgan fingerprint density at radius 2 is 2.07 bits per heavy atom. The third kappa shape index (κ3) is 1.99. The highest BCUT2D eigenvalue weighted by Crippen LogP contribution is 2.32. The minimum Gasteiger partial charge on any atom is -0.385 e. The molecule has 1 heterocycles. The second kappa shape index (κ2) is 3.51. The first-order valence-electron chi connectivity index (χ1n) is 5.30. The molecule has 0 spiro atoms. The highest BCUT2D eigenvalue weighted by Gasteiger charge is 2.21. The van der Waals surface area contributed by atoms with Crippen molar-refractivity contribution < 1.29 is 4.39 Å². The number of anilines is 1. The van der Waals surface area contributed by atoms with E-state index in [9.17, 15) is 4.39 Å². The van der Waals surface area contributed by atoms with E-state index in [1.54, 1.807) is 6.07 Å². The van der Waals surface area contributed by atoms with E-state index in [0.29, 0.717) is 0 Å². The van der Waals surface area contributed by atoms with E-state index in [1.165, 1.54) is 0 Å². The van der Waals surface area contributed by atoms with Crippen LogP contribution in [0.3, 0.4) is 0 Å². The molecule has 1 aliphatic rings. The maximum atomic E-state index is 13.8. The molecule has 0 unspecified atom stereocenters. The zero-order valence-corrected chi connectivity index (χ0v) is 9.45. The lowest BCUT2D eigenvalue weighted by Gasteiger charge is -2.24. The summed E-state index contributed by atoms with van der Waals surface area (Å²) in [6.45, 7) is 6.91. The quantitative estimate of drug-likeness (QED) is 0.684. The number of benzene rings is 1. The van der Waals surface area contributed by atoms with E-state index < -0.39 is 0 Å². The van der Waals surface area contributed by atoms with Crippen LogP contribution in [-0.4, -0.2) is 6.54 Å². The summed E-state index contributed by atoms with van der Waals surface area (Å²) in [5.41, 5.74) is 2.48. The number of halogens is 1. The molecule has 0 amide bonds. The van der Waals surface area contributed by atoms with Crippen molar-refractivity contribution in [3.8, 4) is 0 Å². The summed E-state index contributed by atoms with van der Waals surface area (Å²) in [5, 5.41) is 3.18. The van der Waals surface area contributed by atoms with Gasteiger partial charge < -0.3 is 5.32 Å². The fourth-order valence-electron chi connectivity index (χ4n) is 1.83. The summed E-state index contributed by atoms with van der Waals surface area (Å²) in [7, 11) is 0. The highest BCUT2D eigenvalue weighted by molar-refractivity contribution is 5.59. The van der Waals surface area contributed by atoms with Crippen LogP contribution in [0, 0.1) is 12.2 Å². The van der Waals surface area contributed by atoms with Gasteiger partial charge in [0.05, 0.1) is 0 Å². The van der Waals surface area contributed by atoms with Crippen LogP contribution in [0.25, 0.3) is 0 Å². The van der Waals surface area contributed by atoms with Crippen LogP contribution in [0.15, 0.2) is 12.1 Å². The van der Waals surface area contributed by atoms with E-state index in [0.717, 1.165) is 29.8 Å². The van der Waals surface area contributed by atoms with Gasteiger partial charge in [-0.3, -0.25) is 0 Å². The lowest BCUT2D eigenvalue weighted by molar-refractivity contribution is 0.522. The molecule has 0 saturated heterocycles. The highest BCUT2D eigenvalue weighted by atomic mass is 19.1. The zero-order valence-electron chi connectivity index (χ0n) is 9.45. The summed E-state index contributed by atoms with van der Waals surface area (Å²) in [6.07, 6.45) is 4.16. The topological polar surface area (TPSA) is 12.0 Å². The van der Waals surface area contributed by atoms with Gasteiger partial charge in [0.2, 0.25) is 0 Å². The predicted octanol–water partition coefficient (Wildman–Crippen LogP) is 3.37. The van der Waals surface area contributed by atoms with Crippen LogP contribution in [0.4, 0.5) is 10.1 Å². The Labute approximate surface area is 90.7 Å². The molecule has 1 aliphatic heterocycles. The van der Waals surface area contributed by atoms with Crippen LogP contribution in [0.2, 0.25) is 0 Å². The monoisotopic (exact) mass is 205 g/mol. The summed E-state index contributed by atoms with van der Waals surface area (Å²) in [4.78, 5) is 0. The number of hydrogen-bond donors (Lipinski definition) is 1. The van der Waals surface area contributed by atoms with E-state index >= 15 is 0 Å². The molecule has 80 valence electrons. The van der Waals surface area contributed by atoms with Crippen LogP contribution in [-0.2, 0) is 5.41 Å². The van der Waals surface area contributed by atoms with Crippen LogP contribution < -0.4 is 5.32 Å². The predicted molar refractivity (Wildman–Crippen MR) is 60.6 cm³/mol. The molecule has 1 nitrogen and oxygen atoms in total. The standard InChI is InChI=1S/C13H16FN/c1-13(2,3)10-7-9-5-4-6-15-12(9)8-11(10)14/h7-8,15H,4,6H2,1-3H3. The summed E-state index contributed by atoms with van der Waals surface area (Å²) >= 11 is 0. The molecule has 2 radical (unpaired) electrons. The smallest absolute Gasteiger partial charge is 0.129 e. The van der Waals surface area contributed by atoms with Crippen molar-refractivity contribution in [3.63, 3.8) is 0 Å². The Hall–Kier alpha value is -1.05. The minimum absolute atomic E-state index is 0.127. The van der Waals surface area contributed by atoms with Gasteiger partial charge in [0, 0.05) is 18.7 Å². The zero-order chi connectivity index (χ0) is 11.1. The Morgan fingerprint density at radius 1 is 1.33 bits per heavy atom. The first-order chi connectivity index (χ1) is 6.98. The SMILES string of the molecule is CC(C)(C)c1cc2c(cc1F)NCC[C]2. The Bertz CT molecular complexity index is 377. The molecule has 0 aromatic heterocycles. The van der Waals surface area contributed by atoms with Crippen molar-refractivity contribution in [1.82, 2.24) is 0 Å². The van der Waals surface area contributed by atoms with Gasteiger partial charge >= 0.3 is 0 Å². The van der Waals surface area contributed by atoms with Gasteiger partial charge in [-0.15, -0.1) is 0 Å². The molecule has 0 bridgehead atoms. The summed E-state index contributed by atoms with van der Waals surface area (Å²) in [6, 6.07) is 3.50. The lowest BCUT2D eigenvalue weighted by atomic mass is 9.84. The Morgan fingerprint density at radius 3 is 2.73 bits per heavy atom. The summed E-state index contributed by atoms with van der Waals surface area (Å²) in [5.74, 6) is -0.127. The number of rotatable bonds is 0. The van der Waals surface area contributed by atoms with Gasteiger partial charge in [-0.1, -0.05) is 20.8 Å². The molecule has 2 heteroatoms. The fourth-order valence-corrected chi connectivity index (χ4v) is 1.83. The molecule has 1 aromatic rings. The van der Waals surface area contributed by atoms with Gasteiger partial charge in [-0.2, -0.15) is 0 Å². The van der Waals surface area contributed by atoms with Crippen molar-refractivity contribution >= 4 is 5.69 Å². The molecule has 1 N–H and O–H groups in total. The second-order valence-electron chi connectivity index (χ2n) is 4.98. The maximum Gasteiger partial charge on any atom is 0.129 e. The van der Waals surface area contributed by atoms with E-state index in [4.69, 9.17) is 0 Å². The normalized spacial score (nSPS) is 15.7. The average Bonchev–Trinajstić information content (AvgIpc) is 2.15. The molecular weight excluding hydrogens is 189 g/mol. The van der Waals surface area contributed by atoms with Crippen molar-refractivity contribution in [2.75, 3.05) is 11.9 Å². The molecule has 0 fully saturated rings. The Balaban J connectivity index is 2.50. The van der Waals surface area contributed by atoms with E-state index in [1.807, 2.05) is 26.8 Å². The Kier molecular flexibility index (Phi) is 2.45. The molecule has 0 saturated carbocycles. The van der Waals surface area contributed by atoms with E-state index in [-0.39, 0.29) is 11.2 Å². The van der Waals surface area contributed by atoms with Crippen LogP contribution >= 0.6 is 0 Å². The van der Waals surface area contributed by atoms with Gasteiger partial charge in [0.15, 0.2) is 0 Å². The number of fused-ring (bicyclic) bond motifs is 1. The maximum absolute atomic E-state index is 13.8. The van der Waals surface area contributed by atoms with Gasteiger partial charge in [0.1, 0.15) is 5.82 Å². The van der Waals surface area contributed by atoms with Gasteiger partial charge in [-0.05, 0) is 35.1 Å². The largest absolute Gasteiger partial charge is 0.385 e. The average molecular weight is 205 g/mol. The van der Waals surface area contributed by atoms with Gasteiger partial charge in [-0.25, -0.2) is 4.39 Å². The fraction of sp³-hybridized carbons (Fsp3) is 0.462. The third-order valence-corrected chi connectivity index (χ3v) is 2.67. The van der Waals surface area contributed by atoms with Crippen LogP contribution in [0.1, 0.15) is 38.3 Å². The summed E-state index contributed by atoms with van der Waals surface area (Å²) < 4.78 is 13.8. The first-order valence-corrected chi connectivity index (χ1v) is 5.30. The van der Waals surface area contributed by atoms with E-state index in [2.05, 4.69) is 11.7 Å². The molecule has 15 heavy (non-hydrogen) atoms. The van der Waals surface area contributed by atoms with Crippen molar-refractivity contribution in [2.45, 2.75) is 32.6 Å². The molecule has 1 aromatic carbocycles. The second-order valence-corrected chi connectivity index (χ2v) is 4.98. The van der Waals surface area contributed by atoms with Crippen LogP contribution in [0.5, 0.6) is 0 Å². The lowest BCUT2D eigenvalue weighted by Crippen LogP contribution is -2.17. The molecular formula is C13H16FN. The third-order valence-electron chi connectivity index (χ3n) is 2.67. The van der Waals surface area contributed by atoms with Crippen molar-refractivity contribution in [2.24, 2.45) is 0 Å². The minimum atomic E-state index is -0.155. The number of nitrogens with one attached hydrogen (secondary N) is 1. The molecule has 0 atom stereocenters. The number of hydrogen-bond acceptors (Lipinski definition) is 1. The molecule has 2 rings (SSSR count). The van der Waals surface area contributed by atoms with Crippen molar-refractivity contribution in [3.05, 3.63) is 35.5 Å². The first kappa shape index (κ1) is 10.5. The van der Waals surface area contributed by atoms with Crippen molar-refractivity contribution in [1.29, 1.82) is 0 Å². The van der Waals surface area contributed by atoms with Gasteiger partial charge in [0.25, 0.3) is 0 Å². The molecule has 0 aliphatic carbocycles.